The van der Waals surface area contributed by atoms with E-state index in [0.29, 0.717) is 0 Å². The highest BCUT2D eigenvalue weighted by molar-refractivity contribution is 5.70. The van der Waals surface area contributed by atoms with Gasteiger partial charge in [-0.25, -0.2) is 0 Å². The Labute approximate surface area is 168 Å². The van der Waals surface area contributed by atoms with Crippen LogP contribution in [0.1, 0.15) is 36.8 Å². The van der Waals surface area contributed by atoms with Crippen LogP contribution in [-0.4, -0.2) is 42.2 Å². The quantitative estimate of drug-likeness (QED) is 0.619. The van der Waals surface area contributed by atoms with Gasteiger partial charge in [-0.05, 0) is 81.4 Å². The van der Waals surface area contributed by atoms with Crippen LogP contribution in [0, 0.1) is 5.92 Å². The molecule has 0 aromatic heterocycles. The third-order valence-corrected chi connectivity index (χ3v) is 5.52. The van der Waals surface area contributed by atoms with Gasteiger partial charge in [0.2, 0.25) is 0 Å². The molecule has 1 aliphatic rings. The maximum atomic E-state index is 11.0. The molecular weight excluding hydrogens is 350 g/mol. The van der Waals surface area contributed by atoms with Crippen molar-refractivity contribution >= 4 is 5.97 Å². The predicted octanol–water partition coefficient (Wildman–Crippen LogP) is 4.43. The topological polar surface area (TPSA) is 49.8 Å². The minimum Gasteiger partial charge on any atom is -0.494 e. The lowest BCUT2D eigenvalue weighted by atomic mass is 9.97. The number of ether oxygens (including phenoxy) is 1. The second-order valence-electron chi connectivity index (χ2n) is 7.64. The number of benzene rings is 2. The van der Waals surface area contributed by atoms with Crippen LogP contribution in [0.15, 0.2) is 54.6 Å². The van der Waals surface area contributed by atoms with Gasteiger partial charge in [-0.3, -0.25) is 4.79 Å². The van der Waals surface area contributed by atoms with Crippen molar-refractivity contribution in [3.63, 3.8) is 0 Å². The first kappa shape index (κ1) is 20.4. The van der Waals surface area contributed by atoms with E-state index in [9.17, 15) is 4.79 Å². The van der Waals surface area contributed by atoms with E-state index in [0.717, 1.165) is 70.5 Å². The second-order valence-corrected chi connectivity index (χ2v) is 7.64. The number of nitrogens with zero attached hydrogens (tertiary/aromatic N) is 1. The summed E-state index contributed by atoms with van der Waals surface area (Å²) in [5, 5.41) is 9.06. The molecule has 2 aromatic carbocycles. The molecule has 1 saturated heterocycles. The molecule has 2 aromatic rings. The van der Waals surface area contributed by atoms with E-state index in [-0.39, 0.29) is 5.92 Å². The summed E-state index contributed by atoms with van der Waals surface area (Å²) in [6, 6.07) is 19.0. The number of likely N-dealkylation sites (tertiary alicyclic amines) is 1. The van der Waals surface area contributed by atoms with Crippen molar-refractivity contribution < 1.29 is 14.6 Å². The molecule has 0 unspecified atom stereocenters. The Hall–Kier alpha value is -2.33. The first-order chi connectivity index (χ1) is 13.7. The highest BCUT2D eigenvalue weighted by Gasteiger charge is 2.23. The van der Waals surface area contributed by atoms with E-state index in [2.05, 4.69) is 53.4 Å². The summed E-state index contributed by atoms with van der Waals surface area (Å²) in [6.45, 7) is 3.60. The van der Waals surface area contributed by atoms with Crippen molar-refractivity contribution in [2.45, 2.75) is 38.5 Å². The van der Waals surface area contributed by atoms with Gasteiger partial charge in [0.25, 0.3) is 0 Å². The van der Waals surface area contributed by atoms with Gasteiger partial charge in [-0.2, -0.15) is 0 Å². The SMILES string of the molecule is O=C(O)C1CCN(CCCc2ccc(OCCCc3ccccc3)cc2)CC1. The number of piperidine rings is 1. The van der Waals surface area contributed by atoms with Crippen LogP contribution < -0.4 is 4.74 Å². The molecule has 0 radical (unpaired) electrons. The number of carboxylic acids is 1. The van der Waals surface area contributed by atoms with Gasteiger partial charge < -0.3 is 14.7 Å². The third kappa shape index (κ3) is 6.68. The lowest BCUT2D eigenvalue weighted by molar-refractivity contribution is -0.143. The van der Waals surface area contributed by atoms with Gasteiger partial charge in [-0.15, -0.1) is 0 Å². The molecule has 0 amide bonds. The summed E-state index contributed by atoms with van der Waals surface area (Å²) in [7, 11) is 0. The Morgan fingerprint density at radius 2 is 1.57 bits per heavy atom. The van der Waals surface area contributed by atoms with Crippen LogP contribution in [0.2, 0.25) is 0 Å². The molecule has 1 aliphatic heterocycles. The van der Waals surface area contributed by atoms with E-state index < -0.39 is 5.97 Å². The number of aliphatic carboxylic acids is 1. The summed E-state index contributed by atoms with van der Waals surface area (Å²) in [6.07, 6.45) is 5.78. The number of aryl methyl sites for hydroxylation is 2. The monoisotopic (exact) mass is 381 g/mol. The van der Waals surface area contributed by atoms with Gasteiger partial charge in [0.05, 0.1) is 12.5 Å². The molecule has 4 nitrogen and oxygen atoms in total. The van der Waals surface area contributed by atoms with E-state index in [1.807, 2.05) is 6.07 Å². The van der Waals surface area contributed by atoms with Crippen molar-refractivity contribution in [1.29, 1.82) is 0 Å². The lowest BCUT2D eigenvalue weighted by Crippen LogP contribution is -2.36. The van der Waals surface area contributed by atoms with Crippen LogP contribution >= 0.6 is 0 Å². The van der Waals surface area contributed by atoms with Gasteiger partial charge in [0.1, 0.15) is 5.75 Å². The van der Waals surface area contributed by atoms with Gasteiger partial charge in [0, 0.05) is 0 Å². The Kier molecular flexibility index (Phi) is 7.92. The van der Waals surface area contributed by atoms with E-state index in [4.69, 9.17) is 9.84 Å². The lowest BCUT2D eigenvalue weighted by Gasteiger charge is -2.29. The maximum Gasteiger partial charge on any atom is 0.306 e. The fourth-order valence-electron chi connectivity index (χ4n) is 3.77. The average Bonchev–Trinajstić information content (AvgIpc) is 2.73. The molecular formula is C24H31NO3. The normalized spacial score (nSPS) is 15.4. The first-order valence-corrected chi connectivity index (χ1v) is 10.4. The molecule has 1 heterocycles. The summed E-state index contributed by atoms with van der Waals surface area (Å²) >= 11 is 0. The molecule has 1 fully saturated rings. The number of carboxylic acid groups (broad SMARTS) is 1. The highest BCUT2D eigenvalue weighted by atomic mass is 16.5. The molecule has 150 valence electrons. The summed E-state index contributed by atoms with van der Waals surface area (Å²) in [5.41, 5.74) is 2.69. The van der Waals surface area contributed by atoms with Crippen LogP contribution in [0.3, 0.4) is 0 Å². The van der Waals surface area contributed by atoms with Crippen molar-refractivity contribution in [1.82, 2.24) is 4.90 Å². The van der Waals surface area contributed by atoms with Crippen LogP contribution in [-0.2, 0) is 17.6 Å². The summed E-state index contributed by atoms with van der Waals surface area (Å²) in [5.74, 6) is 0.158. The molecule has 0 saturated carbocycles. The molecule has 0 atom stereocenters. The Morgan fingerprint density at radius 3 is 2.25 bits per heavy atom. The Bertz CT molecular complexity index is 706. The Morgan fingerprint density at radius 1 is 0.929 bits per heavy atom. The van der Waals surface area contributed by atoms with Crippen molar-refractivity contribution in [3.05, 3.63) is 65.7 Å². The summed E-state index contributed by atoms with van der Waals surface area (Å²) < 4.78 is 5.86. The zero-order valence-electron chi connectivity index (χ0n) is 16.6. The van der Waals surface area contributed by atoms with Gasteiger partial charge >= 0.3 is 5.97 Å². The van der Waals surface area contributed by atoms with Crippen molar-refractivity contribution in [2.75, 3.05) is 26.2 Å². The molecule has 0 bridgehead atoms. The fourth-order valence-corrected chi connectivity index (χ4v) is 3.77. The van der Waals surface area contributed by atoms with Crippen LogP contribution in [0.5, 0.6) is 5.75 Å². The van der Waals surface area contributed by atoms with Crippen LogP contribution in [0.4, 0.5) is 0 Å². The number of rotatable bonds is 10. The smallest absolute Gasteiger partial charge is 0.306 e. The van der Waals surface area contributed by atoms with E-state index in [1.54, 1.807) is 0 Å². The number of hydrogen-bond donors (Lipinski definition) is 1. The van der Waals surface area contributed by atoms with Crippen molar-refractivity contribution in [2.24, 2.45) is 5.92 Å². The van der Waals surface area contributed by atoms with Crippen molar-refractivity contribution in [3.8, 4) is 5.75 Å². The zero-order chi connectivity index (χ0) is 19.6. The molecule has 3 rings (SSSR count). The average molecular weight is 382 g/mol. The predicted molar refractivity (Wildman–Crippen MR) is 112 cm³/mol. The van der Waals surface area contributed by atoms with E-state index >= 15 is 0 Å². The number of carbonyl (C=O) groups is 1. The minimum absolute atomic E-state index is 0.142. The zero-order valence-corrected chi connectivity index (χ0v) is 16.6. The van der Waals surface area contributed by atoms with Crippen LogP contribution in [0.25, 0.3) is 0 Å². The fraction of sp³-hybridized carbons (Fsp3) is 0.458. The molecule has 1 N–H and O–H groups in total. The molecule has 0 aliphatic carbocycles. The largest absolute Gasteiger partial charge is 0.494 e. The minimum atomic E-state index is -0.637. The standard InChI is InChI=1S/C24H31NO3/c26-24(27)22-14-17-25(18-15-22)16-4-8-21-10-12-23(13-11-21)28-19-5-9-20-6-2-1-3-7-20/h1-3,6-7,10-13,22H,4-5,8-9,14-19H2,(H,26,27). The highest BCUT2D eigenvalue weighted by Crippen LogP contribution is 2.18. The third-order valence-electron chi connectivity index (χ3n) is 5.52. The Balaban J connectivity index is 1.29. The summed E-state index contributed by atoms with van der Waals surface area (Å²) in [4.78, 5) is 13.4. The first-order valence-electron chi connectivity index (χ1n) is 10.4. The maximum absolute atomic E-state index is 11.0. The molecule has 4 heteroatoms. The van der Waals surface area contributed by atoms with Gasteiger partial charge in [0.15, 0.2) is 0 Å². The van der Waals surface area contributed by atoms with Gasteiger partial charge in [-0.1, -0.05) is 42.5 Å². The molecule has 28 heavy (non-hydrogen) atoms. The molecule has 0 spiro atoms. The van der Waals surface area contributed by atoms with E-state index in [1.165, 1.54) is 11.1 Å². The second kappa shape index (κ2) is 10.9. The number of hydrogen-bond acceptors (Lipinski definition) is 3.